The second-order valence-electron chi connectivity index (χ2n) is 5.21. The standard InChI is InChI=1S/C17H17N5O2/c1-12(22-16-6-4-3-5-15(16)19-21-22)17(23)20-18-11-13-7-9-14(24-2)10-8-13/h3-12H,1-2H3,(H,20,23). The first-order valence-electron chi connectivity index (χ1n) is 7.46. The summed E-state index contributed by atoms with van der Waals surface area (Å²) in [5.74, 6) is 0.498. The Morgan fingerprint density at radius 1 is 1.25 bits per heavy atom. The van der Waals surface area contributed by atoms with Gasteiger partial charge < -0.3 is 4.74 Å². The molecule has 2 aromatic carbocycles. The number of rotatable bonds is 5. The van der Waals surface area contributed by atoms with Crippen molar-refractivity contribution >= 4 is 23.2 Å². The highest BCUT2D eigenvalue weighted by molar-refractivity contribution is 5.85. The molecule has 3 aromatic rings. The third-order valence-corrected chi connectivity index (χ3v) is 3.63. The van der Waals surface area contributed by atoms with Gasteiger partial charge in [-0.3, -0.25) is 4.79 Å². The van der Waals surface area contributed by atoms with Gasteiger partial charge in [-0.25, -0.2) is 10.1 Å². The highest BCUT2D eigenvalue weighted by Crippen LogP contribution is 2.15. The summed E-state index contributed by atoms with van der Waals surface area (Å²) in [7, 11) is 1.61. The number of carbonyl (C=O) groups excluding carboxylic acids is 1. The number of hydrogen-bond donors (Lipinski definition) is 1. The predicted octanol–water partition coefficient (Wildman–Crippen LogP) is 2.15. The summed E-state index contributed by atoms with van der Waals surface area (Å²) in [6.07, 6.45) is 1.57. The van der Waals surface area contributed by atoms with E-state index in [1.165, 1.54) is 0 Å². The Balaban J connectivity index is 1.66. The van der Waals surface area contributed by atoms with Gasteiger partial charge in [-0.2, -0.15) is 5.10 Å². The summed E-state index contributed by atoms with van der Waals surface area (Å²) in [6.45, 7) is 1.75. The zero-order valence-electron chi connectivity index (χ0n) is 13.4. The van der Waals surface area contributed by atoms with Crippen molar-refractivity contribution in [3.05, 3.63) is 54.1 Å². The molecule has 0 fully saturated rings. The summed E-state index contributed by atoms with van der Waals surface area (Å²) in [5.41, 5.74) is 4.93. The predicted molar refractivity (Wildman–Crippen MR) is 91.0 cm³/mol. The topological polar surface area (TPSA) is 81.4 Å². The molecule has 1 N–H and O–H groups in total. The molecular weight excluding hydrogens is 306 g/mol. The van der Waals surface area contributed by atoms with E-state index in [-0.39, 0.29) is 5.91 Å². The van der Waals surface area contributed by atoms with Crippen molar-refractivity contribution in [1.82, 2.24) is 20.4 Å². The first-order valence-corrected chi connectivity index (χ1v) is 7.46. The van der Waals surface area contributed by atoms with Crippen molar-refractivity contribution in [2.75, 3.05) is 7.11 Å². The molecule has 0 radical (unpaired) electrons. The number of methoxy groups -OCH3 is 1. The minimum atomic E-state index is -0.523. The number of fused-ring (bicyclic) bond motifs is 1. The number of hydrazone groups is 1. The zero-order chi connectivity index (χ0) is 16.9. The first-order chi connectivity index (χ1) is 11.7. The van der Waals surface area contributed by atoms with E-state index in [0.717, 1.165) is 22.3 Å². The minimum absolute atomic E-state index is 0.268. The van der Waals surface area contributed by atoms with Gasteiger partial charge in [0.05, 0.1) is 18.8 Å². The molecule has 7 nitrogen and oxygen atoms in total. The number of hydrogen-bond acceptors (Lipinski definition) is 5. The number of carbonyl (C=O) groups is 1. The molecule has 0 saturated carbocycles. The Hall–Kier alpha value is -3.22. The van der Waals surface area contributed by atoms with Crippen LogP contribution in [0.4, 0.5) is 0 Å². The smallest absolute Gasteiger partial charge is 0.264 e. The summed E-state index contributed by atoms with van der Waals surface area (Å²) < 4.78 is 6.67. The zero-order valence-corrected chi connectivity index (χ0v) is 13.4. The lowest BCUT2D eigenvalue weighted by molar-refractivity contribution is -0.124. The van der Waals surface area contributed by atoms with Gasteiger partial charge in [0.15, 0.2) is 0 Å². The van der Waals surface area contributed by atoms with Gasteiger partial charge in [-0.15, -0.1) is 5.10 Å². The van der Waals surface area contributed by atoms with E-state index in [0.29, 0.717) is 0 Å². The van der Waals surface area contributed by atoms with Gasteiger partial charge in [0, 0.05) is 0 Å². The SMILES string of the molecule is COc1ccc(C=NNC(=O)C(C)n2nnc3ccccc32)cc1. The summed E-state index contributed by atoms with van der Waals surface area (Å²) >= 11 is 0. The van der Waals surface area contributed by atoms with Crippen LogP contribution in [-0.2, 0) is 4.79 Å². The molecule has 1 aromatic heterocycles. The molecule has 1 unspecified atom stereocenters. The lowest BCUT2D eigenvalue weighted by atomic mass is 10.2. The highest BCUT2D eigenvalue weighted by atomic mass is 16.5. The van der Waals surface area contributed by atoms with Crippen molar-refractivity contribution in [2.24, 2.45) is 5.10 Å². The maximum Gasteiger partial charge on any atom is 0.264 e. The monoisotopic (exact) mass is 323 g/mol. The molecule has 0 aliphatic rings. The molecule has 0 aliphatic heterocycles. The van der Waals surface area contributed by atoms with Crippen LogP contribution < -0.4 is 10.2 Å². The molecule has 0 saturated heterocycles. The quantitative estimate of drug-likeness (QED) is 0.576. The lowest BCUT2D eigenvalue weighted by Gasteiger charge is -2.10. The molecule has 3 rings (SSSR count). The molecule has 0 bridgehead atoms. The molecule has 1 atom stereocenters. The normalized spacial score (nSPS) is 12.4. The van der Waals surface area contributed by atoms with Crippen LogP contribution in [0.5, 0.6) is 5.75 Å². The van der Waals surface area contributed by atoms with Gasteiger partial charge in [-0.1, -0.05) is 17.3 Å². The fraction of sp³-hybridized carbons (Fsp3) is 0.176. The van der Waals surface area contributed by atoms with Crippen LogP contribution in [0.2, 0.25) is 0 Å². The van der Waals surface area contributed by atoms with Crippen LogP contribution in [0.25, 0.3) is 11.0 Å². The number of aromatic nitrogens is 3. The van der Waals surface area contributed by atoms with Gasteiger partial charge in [-0.05, 0) is 48.9 Å². The third-order valence-electron chi connectivity index (χ3n) is 3.63. The van der Waals surface area contributed by atoms with E-state index >= 15 is 0 Å². The maximum absolute atomic E-state index is 12.2. The van der Waals surface area contributed by atoms with Crippen molar-refractivity contribution in [3.8, 4) is 5.75 Å². The van der Waals surface area contributed by atoms with Crippen molar-refractivity contribution in [2.45, 2.75) is 13.0 Å². The first kappa shape index (κ1) is 15.7. The fourth-order valence-corrected chi connectivity index (χ4v) is 2.24. The number of benzene rings is 2. The molecule has 1 amide bonds. The Morgan fingerprint density at radius 3 is 2.75 bits per heavy atom. The van der Waals surface area contributed by atoms with Crippen LogP contribution in [0.1, 0.15) is 18.5 Å². The van der Waals surface area contributed by atoms with Crippen LogP contribution in [0, 0.1) is 0 Å². The second-order valence-corrected chi connectivity index (χ2v) is 5.21. The molecular formula is C17H17N5O2. The Morgan fingerprint density at radius 2 is 2.00 bits per heavy atom. The van der Waals surface area contributed by atoms with Gasteiger partial charge in [0.2, 0.25) is 0 Å². The molecule has 122 valence electrons. The number of nitrogens with zero attached hydrogens (tertiary/aromatic N) is 4. The second kappa shape index (κ2) is 6.91. The van der Waals surface area contributed by atoms with Crippen LogP contribution in [0.15, 0.2) is 53.6 Å². The summed E-state index contributed by atoms with van der Waals surface area (Å²) in [5, 5.41) is 12.1. The average molecular weight is 323 g/mol. The van der Waals surface area contributed by atoms with Crippen LogP contribution >= 0.6 is 0 Å². The van der Waals surface area contributed by atoms with E-state index in [4.69, 9.17) is 4.74 Å². The lowest BCUT2D eigenvalue weighted by Crippen LogP contribution is -2.28. The summed E-state index contributed by atoms with van der Waals surface area (Å²) in [6, 6.07) is 14.3. The van der Waals surface area contributed by atoms with E-state index in [1.54, 1.807) is 24.9 Å². The molecule has 0 aliphatic carbocycles. The number of amides is 1. The molecule has 7 heteroatoms. The molecule has 1 heterocycles. The third kappa shape index (κ3) is 3.24. The van der Waals surface area contributed by atoms with Gasteiger partial charge in [0.25, 0.3) is 5.91 Å². The van der Waals surface area contributed by atoms with Crippen LogP contribution in [-0.4, -0.2) is 34.2 Å². The largest absolute Gasteiger partial charge is 0.497 e. The van der Waals surface area contributed by atoms with E-state index in [2.05, 4.69) is 20.8 Å². The summed E-state index contributed by atoms with van der Waals surface area (Å²) in [4.78, 5) is 12.2. The Labute approximate surface area is 138 Å². The maximum atomic E-state index is 12.2. The Kier molecular flexibility index (Phi) is 4.51. The number of nitrogens with one attached hydrogen (secondary N) is 1. The molecule has 24 heavy (non-hydrogen) atoms. The number of para-hydroxylation sites is 1. The van der Waals surface area contributed by atoms with Crippen molar-refractivity contribution in [1.29, 1.82) is 0 Å². The Bertz CT molecular complexity index is 870. The highest BCUT2D eigenvalue weighted by Gasteiger charge is 2.17. The molecule has 0 spiro atoms. The van der Waals surface area contributed by atoms with Crippen molar-refractivity contribution < 1.29 is 9.53 Å². The van der Waals surface area contributed by atoms with E-state index < -0.39 is 6.04 Å². The average Bonchev–Trinajstić information content (AvgIpc) is 3.05. The van der Waals surface area contributed by atoms with Crippen molar-refractivity contribution in [3.63, 3.8) is 0 Å². The van der Waals surface area contributed by atoms with Gasteiger partial charge in [0.1, 0.15) is 17.3 Å². The van der Waals surface area contributed by atoms with E-state index in [1.807, 2.05) is 48.5 Å². The van der Waals surface area contributed by atoms with E-state index in [9.17, 15) is 4.79 Å². The minimum Gasteiger partial charge on any atom is -0.497 e. The number of ether oxygens (including phenoxy) is 1. The van der Waals surface area contributed by atoms with Crippen LogP contribution in [0.3, 0.4) is 0 Å². The van der Waals surface area contributed by atoms with Gasteiger partial charge >= 0.3 is 0 Å². The fourth-order valence-electron chi connectivity index (χ4n) is 2.24.